The number of ether oxygens (including phenoxy) is 2. The highest BCUT2D eigenvalue weighted by Gasteiger charge is 2.33. The third-order valence-electron chi connectivity index (χ3n) is 2.75. The van der Waals surface area contributed by atoms with Crippen LogP contribution in [0.2, 0.25) is 0 Å². The van der Waals surface area contributed by atoms with Crippen LogP contribution in [0.15, 0.2) is 0 Å². The van der Waals surface area contributed by atoms with Crippen molar-refractivity contribution in [3.63, 3.8) is 0 Å². The lowest BCUT2D eigenvalue weighted by Gasteiger charge is -2.26. The van der Waals surface area contributed by atoms with E-state index in [9.17, 15) is 9.59 Å². The fourth-order valence-corrected chi connectivity index (χ4v) is 1.70. The molecule has 7 heteroatoms. The third kappa shape index (κ3) is 8.64. The van der Waals surface area contributed by atoms with Gasteiger partial charge in [0.05, 0.1) is 13.2 Å². The molecule has 0 aromatic rings. The maximum atomic E-state index is 11.9. The van der Waals surface area contributed by atoms with Crippen LogP contribution in [0.3, 0.4) is 0 Å². The summed E-state index contributed by atoms with van der Waals surface area (Å²) < 4.78 is 10.0. The Morgan fingerprint density at radius 2 is 1.62 bits per heavy atom. The summed E-state index contributed by atoms with van der Waals surface area (Å²) in [5.41, 5.74) is -1.33. The van der Waals surface area contributed by atoms with Gasteiger partial charge in [-0.05, 0) is 33.6 Å². The Labute approximate surface area is 125 Å². The monoisotopic (exact) mass is 305 g/mol. The first-order valence-electron chi connectivity index (χ1n) is 7.20. The molecule has 21 heavy (non-hydrogen) atoms. The van der Waals surface area contributed by atoms with Crippen molar-refractivity contribution in [2.75, 3.05) is 39.5 Å². The van der Waals surface area contributed by atoms with Crippen LogP contribution < -0.4 is 0 Å². The topological polar surface area (TPSA) is 96.3 Å². The van der Waals surface area contributed by atoms with Crippen molar-refractivity contribution in [2.45, 2.75) is 39.2 Å². The zero-order chi connectivity index (χ0) is 16.3. The average Bonchev–Trinajstić information content (AvgIpc) is 2.41. The third-order valence-corrected chi connectivity index (χ3v) is 2.75. The SMILES string of the molecule is CCOC(=O)C(C)(C)OC(=O)CN(CCCO)CCCO. The molecule has 124 valence electrons. The minimum Gasteiger partial charge on any atom is -0.463 e. The molecule has 7 nitrogen and oxygen atoms in total. The van der Waals surface area contributed by atoms with E-state index in [1.807, 2.05) is 0 Å². The predicted octanol–water partition coefficient (Wildman–Crippen LogP) is -0.0619. The molecule has 0 aromatic heterocycles. The Bertz CT molecular complexity index is 311. The quantitative estimate of drug-likeness (QED) is 0.516. The highest BCUT2D eigenvalue weighted by atomic mass is 16.6. The van der Waals surface area contributed by atoms with Crippen molar-refractivity contribution in [1.29, 1.82) is 0 Å². The molecule has 0 bridgehead atoms. The molecule has 0 saturated heterocycles. The highest BCUT2D eigenvalue weighted by molar-refractivity contribution is 5.83. The normalized spacial score (nSPS) is 11.5. The van der Waals surface area contributed by atoms with Gasteiger partial charge in [-0.2, -0.15) is 0 Å². The number of carbonyl (C=O) groups excluding carboxylic acids is 2. The minimum atomic E-state index is -1.33. The van der Waals surface area contributed by atoms with Gasteiger partial charge in [-0.15, -0.1) is 0 Å². The van der Waals surface area contributed by atoms with Crippen molar-refractivity contribution < 1.29 is 29.3 Å². The summed E-state index contributed by atoms with van der Waals surface area (Å²) in [6, 6.07) is 0. The minimum absolute atomic E-state index is 0.00281. The molecule has 0 rings (SSSR count). The van der Waals surface area contributed by atoms with Crippen LogP contribution >= 0.6 is 0 Å². The van der Waals surface area contributed by atoms with E-state index in [4.69, 9.17) is 19.7 Å². The van der Waals surface area contributed by atoms with Crippen molar-refractivity contribution in [2.24, 2.45) is 0 Å². The molecule has 0 radical (unpaired) electrons. The van der Waals surface area contributed by atoms with Crippen LogP contribution in [0, 0.1) is 0 Å². The summed E-state index contributed by atoms with van der Waals surface area (Å²) in [6.07, 6.45) is 1.06. The summed E-state index contributed by atoms with van der Waals surface area (Å²) in [5, 5.41) is 17.7. The van der Waals surface area contributed by atoms with Gasteiger partial charge in [0.2, 0.25) is 5.60 Å². The number of hydrogen-bond acceptors (Lipinski definition) is 7. The van der Waals surface area contributed by atoms with Gasteiger partial charge in [0.1, 0.15) is 0 Å². The maximum Gasteiger partial charge on any atom is 0.349 e. The van der Waals surface area contributed by atoms with Gasteiger partial charge in [0, 0.05) is 26.3 Å². The molecule has 0 saturated carbocycles. The van der Waals surface area contributed by atoms with Gasteiger partial charge in [-0.3, -0.25) is 9.69 Å². The molecule has 0 aliphatic heterocycles. The second-order valence-electron chi connectivity index (χ2n) is 5.14. The highest BCUT2D eigenvalue weighted by Crippen LogP contribution is 2.12. The molecular formula is C14H27NO6. The molecule has 0 spiro atoms. The molecule has 0 aliphatic rings. The fraction of sp³-hybridized carbons (Fsp3) is 0.857. The number of carbonyl (C=O) groups is 2. The van der Waals surface area contributed by atoms with E-state index in [0.29, 0.717) is 25.9 Å². The summed E-state index contributed by atoms with van der Waals surface area (Å²) >= 11 is 0. The van der Waals surface area contributed by atoms with E-state index in [-0.39, 0.29) is 26.4 Å². The van der Waals surface area contributed by atoms with E-state index < -0.39 is 17.5 Å². The van der Waals surface area contributed by atoms with Crippen molar-refractivity contribution in [1.82, 2.24) is 4.90 Å². The zero-order valence-electron chi connectivity index (χ0n) is 13.1. The van der Waals surface area contributed by atoms with E-state index >= 15 is 0 Å². The number of nitrogens with zero attached hydrogens (tertiary/aromatic N) is 1. The van der Waals surface area contributed by atoms with Crippen molar-refractivity contribution in [3.05, 3.63) is 0 Å². The van der Waals surface area contributed by atoms with Crippen LogP contribution in [0.4, 0.5) is 0 Å². The largest absolute Gasteiger partial charge is 0.463 e. The number of hydrogen-bond donors (Lipinski definition) is 2. The average molecular weight is 305 g/mol. The molecular weight excluding hydrogens is 278 g/mol. The Morgan fingerprint density at radius 1 is 1.10 bits per heavy atom. The van der Waals surface area contributed by atoms with Crippen LogP contribution in [0.25, 0.3) is 0 Å². The smallest absolute Gasteiger partial charge is 0.349 e. The first-order valence-corrected chi connectivity index (χ1v) is 7.20. The zero-order valence-corrected chi connectivity index (χ0v) is 13.1. The summed E-state index contributed by atoms with van der Waals surface area (Å²) in [4.78, 5) is 25.3. The Kier molecular flexibility index (Phi) is 9.94. The summed E-state index contributed by atoms with van der Waals surface area (Å²) in [5.74, 6) is -1.13. The van der Waals surface area contributed by atoms with Gasteiger partial charge in [0.15, 0.2) is 0 Å². The lowest BCUT2D eigenvalue weighted by Crippen LogP contribution is -2.42. The molecule has 0 aromatic carbocycles. The Balaban J connectivity index is 4.42. The van der Waals surface area contributed by atoms with E-state index in [1.165, 1.54) is 13.8 Å². The molecule has 0 unspecified atom stereocenters. The Morgan fingerprint density at radius 3 is 2.05 bits per heavy atom. The van der Waals surface area contributed by atoms with Gasteiger partial charge in [-0.1, -0.05) is 0 Å². The van der Waals surface area contributed by atoms with Gasteiger partial charge < -0.3 is 19.7 Å². The van der Waals surface area contributed by atoms with Crippen LogP contribution in [-0.4, -0.2) is 72.1 Å². The van der Waals surface area contributed by atoms with Crippen molar-refractivity contribution in [3.8, 4) is 0 Å². The second kappa shape index (κ2) is 10.5. The Hall–Kier alpha value is -1.18. The van der Waals surface area contributed by atoms with Crippen LogP contribution in [0.5, 0.6) is 0 Å². The lowest BCUT2D eigenvalue weighted by atomic mass is 10.1. The van der Waals surface area contributed by atoms with Gasteiger partial charge in [-0.25, -0.2) is 4.79 Å². The van der Waals surface area contributed by atoms with Gasteiger partial charge >= 0.3 is 11.9 Å². The number of esters is 2. The van der Waals surface area contributed by atoms with Crippen LogP contribution in [0.1, 0.15) is 33.6 Å². The van der Waals surface area contributed by atoms with E-state index in [2.05, 4.69) is 0 Å². The predicted molar refractivity (Wildman–Crippen MR) is 76.6 cm³/mol. The number of rotatable bonds is 11. The number of aliphatic hydroxyl groups is 2. The molecule has 2 N–H and O–H groups in total. The molecule has 0 amide bonds. The standard InChI is InChI=1S/C14H27NO6/c1-4-20-13(19)14(2,3)21-12(18)11-15(7-5-9-16)8-6-10-17/h16-17H,4-11H2,1-3H3. The molecule has 0 atom stereocenters. The summed E-state index contributed by atoms with van der Waals surface area (Å²) in [6.45, 7) is 5.96. The van der Waals surface area contributed by atoms with E-state index in [1.54, 1.807) is 11.8 Å². The van der Waals surface area contributed by atoms with Crippen LogP contribution in [-0.2, 0) is 19.1 Å². The number of aliphatic hydroxyl groups excluding tert-OH is 2. The fourth-order valence-electron chi connectivity index (χ4n) is 1.70. The first kappa shape index (κ1) is 19.8. The second-order valence-corrected chi connectivity index (χ2v) is 5.14. The first-order chi connectivity index (χ1) is 9.87. The lowest BCUT2D eigenvalue weighted by molar-refractivity contribution is -0.178. The molecule has 0 fully saturated rings. The van der Waals surface area contributed by atoms with E-state index in [0.717, 1.165) is 0 Å². The molecule has 0 aliphatic carbocycles. The molecule has 0 heterocycles. The maximum absolute atomic E-state index is 11.9. The van der Waals surface area contributed by atoms with Gasteiger partial charge in [0.25, 0.3) is 0 Å². The van der Waals surface area contributed by atoms with Crippen molar-refractivity contribution >= 4 is 11.9 Å². The summed E-state index contributed by atoms with van der Waals surface area (Å²) in [7, 11) is 0.